The molecule has 0 fully saturated rings. The fraction of sp³-hybridized carbons (Fsp3) is 0.222. The topological polar surface area (TPSA) is 75.2 Å². The van der Waals surface area contributed by atoms with Gasteiger partial charge in [0.15, 0.2) is 11.6 Å². The second-order valence-corrected chi connectivity index (χ2v) is 5.45. The minimum Gasteiger partial charge on any atom is -0.497 e. The Labute approximate surface area is 140 Å². The molecule has 0 aliphatic rings. The Kier molecular flexibility index (Phi) is 4.65. The number of nitrogens with zero attached hydrogens (tertiary/aromatic N) is 3. The molecule has 0 aliphatic carbocycles. The molecule has 1 aromatic heterocycles. The summed E-state index contributed by atoms with van der Waals surface area (Å²) in [6.45, 7) is 0. The van der Waals surface area contributed by atoms with E-state index in [1.807, 2.05) is 48.5 Å². The molecule has 0 saturated heterocycles. The molecule has 0 saturated carbocycles. The molecule has 0 radical (unpaired) electrons. The van der Waals surface area contributed by atoms with Crippen LogP contribution in [0.15, 0.2) is 48.5 Å². The van der Waals surface area contributed by atoms with Crippen LogP contribution in [-0.4, -0.2) is 29.1 Å². The molecule has 6 nitrogen and oxygen atoms in total. The molecule has 0 spiro atoms. The quantitative estimate of drug-likeness (QED) is 0.704. The summed E-state index contributed by atoms with van der Waals surface area (Å²) in [5.74, 6) is 9.26. The van der Waals surface area contributed by atoms with Gasteiger partial charge >= 0.3 is 0 Å². The van der Waals surface area contributed by atoms with E-state index >= 15 is 0 Å². The van der Waals surface area contributed by atoms with Crippen molar-refractivity contribution in [2.75, 3.05) is 20.1 Å². The van der Waals surface area contributed by atoms with Crippen molar-refractivity contribution in [3.8, 4) is 11.5 Å². The van der Waals surface area contributed by atoms with Gasteiger partial charge in [-0.1, -0.05) is 24.3 Å². The summed E-state index contributed by atoms with van der Waals surface area (Å²) < 4.78 is 11.9. The molecule has 3 aromatic rings. The van der Waals surface area contributed by atoms with Crippen LogP contribution < -0.4 is 15.3 Å². The lowest BCUT2D eigenvalue weighted by atomic mass is 10.1. The monoisotopic (exact) mass is 324 g/mol. The Morgan fingerprint density at radius 3 is 1.46 bits per heavy atom. The standard InChI is InChI=1S/C18H20N4O2/c1-23-15-7-3-13(4-8-15)11-17-20-21-18(22(17)19)12-14-5-9-16(24-2)10-6-14/h3-10H,11-12,19H2,1-2H3. The Balaban J connectivity index is 1.72. The second-order valence-electron chi connectivity index (χ2n) is 5.45. The van der Waals surface area contributed by atoms with Gasteiger partial charge in [0.1, 0.15) is 11.5 Å². The minimum atomic E-state index is 0.621. The molecule has 1 heterocycles. The minimum absolute atomic E-state index is 0.621. The van der Waals surface area contributed by atoms with Gasteiger partial charge in [0.2, 0.25) is 0 Å². The number of benzene rings is 2. The van der Waals surface area contributed by atoms with E-state index in [1.54, 1.807) is 18.9 Å². The van der Waals surface area contributed by atoms with Crippen LogP contribution in [0.1, 0.15) is 22.8 Å². The highest BCUT2D eigenvalue weighted by atomic mass is 16.5. The summed E-state index contributed by atoms with van der Waals surface area (Å²) in [7, 11) is 3.30. The van der Waals surface area contributed by atoms with E-state index in [0.717, 1.165) is 34.3 Å². The van der Waals surface area contributed by atoms with E-state index in [0.29, 0.717) is 12.8 Å². The number of ether oxygens (including phenoxy) is 2. The van der Waals surface area contributed by atoms with Gasteiger partial charge in [0.05, 0.1) is 14.2 Å². The van der Waals surface area contributed by atoms with Crippen molar-refractivity contribution >= 4 is 0 Å². The van der Waals surface area contributed by atoms with Gasteiger partial charge in [-0.05, 0) is 35.4 Å². The zero-order valence-electron chi connectivity index (χ0n) is 13.8. The van der Waals surface area contributed by atoms with E-state index in [-0.39, 0.29) is 0 Å². The summed E-state index contributed by atoms with van der Waals surface area (Å²) in [6, 6.07) is 15.7. The second kappa shape index (κ2) is 7.04. The molecule has 2 aromatic carbocycles. The number of methoxy groups -OCH3 is 2. The van der Waals surface area contributed by atoms with Gasteiger partial charge in [-0.2, -0.15) is 0 Å². The van der Waals surface area contributed by atoms with Gasteiger partial charge < -0.3 is 15.3 Å². The largest absolute Gasteiger partial charge is 0.497 e. The zero-order valence-corrected chi connectivity index (χ0v) is 13.8. The Bertz CT molecular complexity index is 728. The van der Waals surface area contributed by atoms with Gasteiger partial charge in [0.25, 0.3) is 0 Å². The van der Waals surface area contributed by atoms with Crippen molar-refractivity contribution in [3.63, 3.8) is 0 Å². The smallest absolute Gasteiger partial charge is 0.156 e. The van der Waals surface area contributed by atoms with Crippen LogP contribution in [0.5, 0.6) is 11.5 Å². The number of hydrogen-bond acceptors (Lipinski definition) is 5. The average Bonchev–Trinajstić information content (AvgIpc) is 2.96. The molecule has 0 atom stereocenters. The third-order valence-corrected chi connectivity index (χ3v) is 3.88. The van der Waals surface area contributed by atoms with Crippen LogP contribution in [0.25, 0.3) is 0 Å². The molecule has 6 heteroatoms. The molecule has 0 amide bonds. The Hall–Kier alpha value is -3.02. The van der Waals surface area contributed by atoms with E-state index in [1.165, 1.54) is 0 Å². The lowest BCUT2D eigenvalue weighted by Crippen LogP contribution is -2.17. The lowest BCUT2D eigenvalue weighted by Gasteiger charge is -2.06. The molecule has 24 heavy (non-hydrogen) atoms. The third-order valence-electron chi connectivity index (χ3n) is 3.88. The van der Waals surface area contributed by atoms with E-state index in [4.69, 9.17) is 15.3 Å². The van der Waals surface area contributed by atoms with Crippen LogP contribution >= 0.6 is 0 Å². The van der Waals surface area contributed by atoms with Crippen molar-refractivity contribution in [1.29, 1.82) is 0 Å². The van der Waals surface area contributed by atoms with Crippen LogP contribution in [0.3, 0.4) is 0 Å². The zero-order chi connectivity index (χ0) is 16.9. The summed E-state index contributed by atoms with van der Waals surface area (Å²) in [5, 5.41) is 8.43. The highest BCUT2D eigenvalue weighted by Gasteiger charge is 2.11. The third kappa shape index (κ3) is 3.48. The molecule has 3 rings (SSSR count). The van der Waals surface area contributed by atoms with Crippen LogP contribution in [-0.2, 0) is 12.8 Å². The van der Waals surface area contributed by atoms with Crippen molar-refractivity contribution in [2.24, 2.45) is 0 Å². The summed E-state index contributed by atoms with van der Waals surface area (Å²) >= 11 is 0. The van der Waals surface area contributed by atoms with Crippen LogP contribution in [0.4, 0.5) is 0 Å². The number of nitrogens with two attached hydrogens (primary N) is 1. The highest BCUT2D eigenvalue weighted by molar-refractivity contribution is 5.30. The molecule has 0 aliphatic heterocycles. The number of rotatable bonds is 6. The van der Waals surface area contributed by atoms with E-state index in [2.05, 4.69) is 10.2 Å². The molecule has 124 valence electrons. The predicted octanol–water partition coefficient (Wildman–Crippen LogP) is 2.19. The first-order valence-electron chi connectivity index (χ1n) is 7.63. The fourth-order valence-corrected chi connectivity index (χ4v) is 2.45. The molecular formula is C18H20N4O2. The van der Waals surface area contributed by atoms with Crippen molar-refractivity contribution in [2.45, 2.75) is 12.8 Å². The molecule has 0 bridgehead atoms. The summed E-state index contributed by atoms with van der Waals surface area (Å²) in [5.41, 5.74) is 2.21. The first-order chi connectivity index (χ1) is 11.7. The Morgan fingerprint density at radius 2 is 1.12 bits per heavy atom. The maximum Gasteiger partial charge on any atom is 0.156 e. The molecule has 2 N–H and O–H groups in total. The number of aromatic nitrogens is 3. The van der Waals surface area contributed by atoms with Crippen molar-refractivity contribution < 1.29 is 9.47 Å². The van der Waals surface area contributed by atoms with Gasteiger partial charge in [-0.25, -0.2) is 4.68 Å². The van der Waals surface area contributed by atoms with Gasteiger partial charge in [-0.3, -0.25) is 0 Å². The SMILES string of the molecule is COc1ccc(Cc2nnc(Cc3ccc(OC)cc3)n2N)cc1. The van der Waals surface area contributed by atoms with Crippen LogP contribution in [0, 0.1) is 0 Å². The normalized spacial score (nSPS) is 10.6. The maximum absolute atomic E-state index is 6.15. The lowest BCUT2D eigenvalue weighted by molar-refractivity contribution is 0.414. The van der Waals surface area contributed by atoms with Crippen LogP contribution in [0.2, 0.25) is 0 Å². The summed E-state index contributed by atoms with van der Waals surface area (Å²) in [4.78, 5) is 0. The Morgan fingerprint density at radius 1 is 0.750 bits per heavy atom. The fourth-order valence-electron chi connectivity index (χ4n) is 2.45. The van der Waals surface area contributed by atoms with E-state index in [9.17, 15) is 0 Å². The number of hydrogen-bond donors (Lipinski definition) is 1. The maximum atomic E-state index is 6.15. The van der Waals surface area contributed by atoms with E-state index < -0.39 is 0 Å². The van der Waals surface area contributed by atoms with Gasteiger partial charge in [0, 0.05) is 12.8 Å². The summed E-state index contributed by atoms with van der Waals surface area (Å²) in [6.07, 6.45) is 1.24. The van der Waals surface area contributed by atoms with Gasteiger partial charge in [-0.15, -0.1) is 10.2 Å². The van der Waals surface area contributed by atoms with Crippen molar-refractivity contribution in [1.82, 2.24) is 14.9 Å². The average molecular weight is 324 g/mol. The first-order valence-corrected chi connectivity index (χ1v) is 7.63. The number of nitrogen functional groups attached to an aromatic ring is 1. The first kappa shape index (κ1) is 15.9. The predicted molar refractivity (Wildman–Crippen MR) is 91.8 cm³/mol. The molecule has 0 unspecified atom stereocenters. The van der Waals surface area contributed by atoms with Crippen molar-refractivity contribution in [3.05, 3.63) is 71.3 Å². The molecular weight excluding hydrogens is 304 g/mol. The highest BCUT2D eigenvalue weighted by Crippen LogP contribution is 2.16.